The third-order valence-electron chi connectivity index (χ3n) is 3.73. The maximum absolute atomic E-state index is 12.5. The molecule has 0 bridgehead atoms. The van der Waals surface area contributed by atoms with E-state index in [9.17, 15) is 8.42 Å². The Bertz CT molecular complexity index is 901. The number of nitrogens with one attached hydrogen (secondary N) is 1. The van der Waals surface area contributed by atoms with Crippen LogP contribution in [0.3, 0.4) is 0 Å². The van der Waals surface area contributed by atoms with Gasteiger partial charge < -0.3 is 0 Å². The number of hydrogen-bond acceptors (Lipinski definition) is 4. The molecule has 0 radical (unpaired) electrons. The van der Waals surface area contributed by atoms with Crippen molar-refractivity contribution in [3.05, 3.63) is 70.2 Å². The largest absolute Gasteiger partial charge is 0.260 e. The molecule has 1 N–H and O–H groups in total. The molecule has 0 aliphatic carbocycles. The van der Waals surface area contributed by atoms with E-state index in [4.69, 9.17) is 0 Å². The Balaban J connectivity index is 1.87. The van der Waals surface area contributed by atoms with Crippen LogP contribution in [0.1, 0.15) is 22.3 Å². The van der Waals surface area contributed by atoms with Gasteiger partial charge in [0.2, 0.25) is 10.0 Å². The molecule has 0 saturated heterocycles. The smallest absolute Gasteiger partial charge is 0.240 e. The van der Waals surface area contributed by atoms with Crippen molar-refractivity contribution < 1.29 is 8.42 Å². The van der Waals surface area contributed by atoms with Crippen LogP contribution in [0.25, 0.3) is 0 Å². The number of thiophene rings is 1. The van der Waals surface area contributed by atoms with E-state index in [1.807, 2.05) is 42.1 Å². The Labute approximate surface area is 146 Å². The standard InChI is InChI=1S/C17H19N3O2S2/c1-13-11-14(2)20(19-13)16(17-9-6-10-23-17)12-18-24(21,22)15-7-4-3-5-8-15/h3-11,16,18H,12H2,1-2H3. The fourth-order valence-electron chi connectivity index (χ4n) is 2.62. The predicted molar refractivity (Wildman–Crippen MR) is 95.8 cm³/mol. The van der Waals surface area contributed by atoms with Crippen LogP contribution < -0.4 is 4.72 Å². The summed E-state index contributed by atoms with van der Waals surface area (Å²) in [6.07, 6.45) is 0. The summed E-state index contributed by atoms with van der Waals surface area (Å²) in [5, 5.41) is 6.51. The highest BCUT2D eigenvalue weighted by Gasteiger charge is 2.22. The molecule has 0 saturated carbocycles. The van der Waals surface area contributed by atoms with Crippen LogP contribution in [0.4, 0.5) is 0 Å². The molecule has 0 amide bonds. The van der Waals surface area contributed by atoms with Crippen LogP contribution in [0.15, 0.2) is 58.8 Å². The maximum Gasteiger partial charge on any atom is 0.240 e. The number of rotatable bonds is 6. The van der Waals surface area contributed by atoms with Gasteiger partial charge in [0, 0.05) is 17.1 Å². The van der Waals surface area contributed by atoms with Crippen LogP contribution in [0.2, 0.25) is 0 Å². The van der Waals surface area contributed by atoms with E-state index < -0.39 is 10.0 Å². The van der Waals surface area contributed by atoms with Crippen molar-refractivity contribution in [2.24, 2.45) is 0 Å². The molecule has 2 aromatic heterocycles. The van der Waals surface area contributed by atoms with Gasteiger partial charge in [-0.3, -0.25) is 4.68 Å². The molecular formula is C17H19N3O2S2. The topological polar surface area (TPSA) is 64.0 Å². The van der Waals surface area contributed by atoms with Crippen molar-refractivity contribution in [3.8, 4) is 0 Å². The Morgan fingerprint density at radius 2 is 1.92 bits per heavy atom. The van der Waals surface area contributed by atoms with Crippen LogP contribution >= 0.6 is 11.3 Å². The van der Waals surface area contributed by atoms with Crippen molar-refractivity contribution in [2.75, 3.05) is 6.54 Å². The second-order valence-corrected chi connectivity index (χ2v) is 8.31. The minimum atomic E-state index is -3.55. The SMILES string of the molecule is Cc1cc(C)n(C(CNS(=O)(=O)c2ccccc2)c2cccs2)n1. The van der Waals surface area contributed by atoms with Crippen molar-refractivity contribution in [1.29, 1.82) is 0 Å². The van der Waals surface area contributed by atoms with Gasteiger partial charge in [-0.25, -0.2) is 13.1 Å². The lowest BCUT2D eigenvalue weighted by Crippen LogP contribution is -2.32. The molecule has 3 rings (SSSR count). The van der Waals surface area contributed by atoms with E-state index in [0.717, 1.165) is 16.3 Å². The van der Waals surface area contributed by atoms with Crippen LogP contribution in [0, 0.1) is 13.8 Å². The predicted octanol–water partition coefficient (Wildman–Crippen LogP) is 3.13. The number of nitrogens with zero attached hydrogens (tertiary/aromatic N) is 2. The molecule has 0 aliphatic heterocycles. The van der Waals surface area contributed by atoms with Crippen molar-refractivity contribution in [1.82, 2.24) is 14.5 Å². The highest BCUT2D eigenvalue weighted by Crippen LogP contribution is 2.24. The van der Waals surface area contributed by atoms with Crippen LogP contribution in [0.5, 0.6) is 0 Å². The van der Waals surface area contributed by atoms with Gasteiger partial charge in [-0.15, -0.1) is 11.3 Å². The first-order chi connectivity index (χ1) is 11.5. The maximum atomic E-state index is 12.5. The Morgan fingerprint density at radius 3 is 2.50 bits per heavy atom. The molecule has 24 heavy (non-hydrogen) atoms. The van der Waals surface area contributed by atoms with Gasteiger partial charge in [0.15, 0.2) is 0 Å². The Hall–Kier alpha value is -1.96. The number of benzene rings is 1. The van der Waals surface area contributed by atoms with Gasteiger partial charge in [0.1, 0.15) is 0 Å². The van der Waals surface area contributed by atoms with Crippen molar-refractivity contribution >= 4 is 21.4 Å². The lowest BCUT2D eigenvalue weighted by Gasteiger charge is -2.19. The second-order valence-electron chi connectivity index (χ2n) is 5.57. The highest BCUT2D eigenvalue weighted by atomic mass is 32.2. The quantitative estimate of drug-likeness (QED) is 0.734. The third-order valence-corrected chi connectivity index (χ3v) is 6.14. The minimum Gasteiger partial charge on any atom is -0.260 e. The van der Waals surface area contributed by atoms with Gasteiger partial charge >= 0.3 is 0 Å². The summed E-state index contributed by atoms with van der Waals surface area (Å²) in [5.74, 6) is 0. The van der Waals surface area contributed by atoms with Crippen LogP contribution in [-0.2, 0) is 10.0 Å². The second kappa shape index (κ2) is 6.88. The summed E-state index contributed by atoms with van der Waals surface area (Å²) >= 11 is 1.59. The molecule has 7 heteroatoms. The lowest BCUT2D eigenvalue weighted by molar-refractivity contribution is 0.499. The molecule has 0 spiro atoms. The average Bonchev–Trinajstić information content (AvgIpc) is 3.19. The molecular weight excluding hydrogens is 342 g/mol. The fraction of sp³-hybridized carbons (Fsp3) is 0.235. The Morgan fingerprint density at radius 1 is 1.17 bits per heavy atom. The molecule has 1 atom stereocenters. The Kier molecular flexibility index (Phi) is 4.84. The first kappa shape index (κ1) is 16.9. The van der Waals surface area contributed by atoms with E-state index in [-0.39, 0.29) is 17.5 Å². The number of aryl methyl sites for hydroxylation is 2. The van der Waals surface area contributed by atoms with Gasteiger partial charge in [-0.05, 0) is 43.5 Å². The van der Waals surface area contributed by atoms with E-state index in [1.54, 1.807) is 41.7 Å². The molecule has 5 nitrogen and oxygen atoms in total. The third kappa shape index (κ3) is 3.58. The van der Waals surface area contributed by atoms with E-state index in [2.05, 4.69) is 9.82 Å². The molecule has 126 valence electrons. The van der Waals surface area contributed by atoms with Gasteiger partial charge in [0.25, 0.3) is 0 Å². The fourth-order valence-corrected chi connectivity index (χ4v) is 4.49. The van der Waals surface area contributed by atoms with Gasteiger partial charge in [-0.1, -0.05) is 24.3 Å². The van der Waals surface area contributed by atoms with Gasteiger partial charge in [-0.2, -0.15) is 5.10 Å². The van der Waals surface area contributed by atoms with Crippen LogP contribution in [-0.4, -0.2) is 24.7 Å². The van der Waals surface area contributed by atoms with Crippen molar-refractivity contribution in [2.45, 2.75) is 24.8 Å². The van der Waals surface area contributed by atoms with E-state index in [0.29, 0.717) is 0 Å². The monoisotopic (exact) mass is 361 g/mol. The first-order valence-electron chi connectivity index (χ1n) is 7.58. The molecule has 0 aliphatic rings. The van der Waals surface area contributed by atoms with Gasteiger partial charge in [0.05, 0.1) is 16.6 Å². The van der Waals surface area contributed by atoms with Crippen molar-refractivity contribution in [3.63, 3.8) is 0 Å². The normalized spacial score (nSPS) is 13.1. The summed E-state index contributed by atoms with van der Waals surface area (Å²) in [5.41, 5.74) is 1.92. The molecule has 3 aromatic rings. The summed E-state index contributed by atoms with van der Waals surface area (Å²) in [6.45, 7) is 4.16. The minimum absolute atomic E-state index is 0.169. The summed E-state index contributed by atoms with van der Waals surface area (Å²) < 4.78 is 29.6. The molecule has 1 unspecified atom stereocenters. The zero-order chi connectivity index (χ0) is 17.2. The number of aromatic nitrogens is 2. The van der Waals surface area contributed by atoms with E-state index >= 15 is 0 Å². The summed E-state index contributed by atoms with van der Waals surface area (Å²) in [4.78, 5) is 1.33. The zero-order valence-corrected chi connectivity index (χ0v) is 15.1. The highest BCUT2D eigenvalue weighted by molar-refractivity contribution is 7.89. The zero-order valence-electron chi connectivity index (χ0n) is 13.5. The molecule has 0 fully saturated rings. The average molecular weight is 361 g/mol. The lowest BCUT2D eigenvalue weighted by atomic mass is 10.2. The van der Waals surface area contributed by atoms with E-state index in [1.165, 1.54) is 0 Å². The molecule has 2 heterocycles. The first-order valence-corrected chi connectivity index (χ1v) is 9.94. The number of sulfonamides is 1. The molecule has 1 aromatic carbocycles. The number of hydrogen-bond donors (Lipinski definition) is 1. The summed E-state index contributed by atoms with van der Waals surface area (Å²) in [7, 11) is -3.55. The summed E-state index contributed by atoms with van der Waals surface area (Å²) in [6, 6.07) is 14.2.